The summed E-state index contributed by atoms with van der Waals surface area (Å²) in [5.41, 5.74) is 4.09. The molecule has 1 aliphatic heterocycles. The van der Waals surface area contributed by atoms with Crippen LogP contribution in [0.1, 0.15) is 52.4 Å². The fourth-order valence-corrected chi connectivity index (χ4v) is 5.14. The number of anilines is 1. The Balaban J connectivity index is 0.00000220. The van der Waals surface area contributed by atoms with E-state index in [2.05, 4.69) is 21.7 Å². The molecule has 3 aromatic rings. The number of halogens is 3. The van der Waals surface area contributed by atoms with Gasteiger partial charge in [0.2, 0.25) is 0 Å². The van der Waals surface area contributed by atoms with Gasteiger partial charge < -0.3 is 30.3 Å². The highest BCUT2D eigenvalue weighted by molar-refractivity contribution is 6.29. The van der Waals surface area contributed by atoms with Gasteiger partial charge in [0.25, 0.3) is 0 Å². The lowest BCUT2D eigenvalue weighted by Gasteiger charge is -2.27. The number of benzene rings is 2. The predicted molar refractivity (Wildman–Crippen MR) is 160 cm³/mol. The Kier molecular flexibility index (Phi) is 11.9. The van der Waals surface area contributed by atoms with Crippen molar-refractivity contribution in [3.05, 3.63) is 82.1 Å². The average Bonchev–Trinajstić information content (AvgIpc) is 2.92. The number of hydrogen-bond donors (Lipinski definition) is 4. The van der Waals surface area contributed by atoms with E-state index >= 15 is 0 Å². The normalized spacial score (nSPS) is 17.5. The van der Waals surface area contributed by atoms with E-state index < -0.39 is 12.1 Å². The minimum atomic E-state index is -0.999. The number of aromatic nitrogens is 1. The molecule has 8 nitrogen and oxygen atoms in total. The lowest BCUT2D eigenvalue weighted by atomic mass is 9.88. The van der Waals surface area contributed by atoms with Crippen LogP contribution in [-0.4, -0.2) is 53.0 Å². The Morgan fingerprint density at radius 2 is 1.82 bits per heavy atom. The smallest absolute Gasteiger partial charge is 0.335 e. The van der Waals surface area contributed by atoms with E-state index in [1.54, 1.807) is 30.5 Å². The average molecular weight is 611 g/mol. The maximum absolute atomic E-state index is 11.8. The van der Waals surface area contributed by atoms with E-state index in [0.717, 1.165) is 43.4 Å². The summed E-state index contributed by atoms with van der Waals surface area (Å²) in [6, 6.07) is 15.0. The predicted octanol–water partition coefficient (Wildman–Crippen LogP) is 5.84. The highest BCUT2D eigenvalue weighted by Crippen LogP contribution is 2.31. The highest BCUT2D eigenvalue weighted by Gasteiger charge is 2.21. The maximum atomic E-state index is 11.8. The van der Waals surface area contributed by atoms with Gasteiger partial charge in [0.15, 0.2) is 0 Å². The van der Waals surface area contributed by atoms with Gasteiger partial charge >= 0.3 is 5.97 Å². The number of aryl methyl sites for hydroxylation is 1. The molecule has 1 aliphatic carbocycles. The van der Waals surface area contributed by atoms with Crippen molar-refractivity contribution in [2.75, 3.05) is 25.1 Å². The zero-order valence-corrected chi connectivity index (χ0v) is 24.2. The third-order valence-electron chi connectivity index (χ3n) is 7.12. The summed E-state index contributed by atoms with van der Waals surface area (Å²) in [5.74, 6) is 0.141. The van der Waals surface area contributed by atoms with Gasteiger partial charge in [0.05, 0.1) is 11.7 Å². The fourth-order valence-electron chi connectivity index (χ4n) is 5.03. The van der Waals surface area contributed by atoms with E-state index in [9.17, 15) is 15.0 Å². The summed E-state index contributed by atoms with van der Waals surface area (Å²) in [4.78, 5) is 15.8. The van der Waals surface area contributed by atoms with Gasteiger partial charge in [-0.05, 0) is 73.6 Å². The monoisotopic (exact) mass is 609 g/mol. The summed E-state index contributed by atoms with van der Waals surface area (Å²) in [6.07, 6.45) is 5.39. The van der Waals surface area contributed by atoms with Crippen molar-refractivity contribution in [2.24, 2.45) is 0 Å². The molecule has 2 heterocycles. The number of hydrogen-bond acceptors (Lipinski definition) is 7. The molecular weight excluding hydrogens is 577 g/mol. The molecule has 0 amide bonds. The molecule has 216 valence electrons. The number of carboxylic acids is 1. The molecule has 0 spiro atoms. The standard InChI is InChI=1S/C29H32ClN3O5.2ClH/c30-28-6-3-19(16-32-28)27(34)17-31-23-4-1-18-2-5-25(13-20(18)11-23)38-26-14-21(29(35)36)12-24(15-26)33-22-7-9-37-10-8-22;;/h2-3,5-6,12-16,22-23,27,31,33-34H,1,4,7-11,17H2,(H,35,36);2*1H/t23-,27-;;/m0../s1. The van der Waals surface area contributed by atoms with Crippen LogP contribution in [0.3, 0.4) is 0 Å². The molecule has 0 bridgehead atoms. The summed E-state index contributed by atoms with van der Waals surface area (Å²) in [6.45, 7) is 1.81. The highest BCUT2D eigenvalue weighted by atomic mass is 35.5. The summed E-state index contributed by atoms with van der Waals surface area (Å²) in [5, 5.41) is 27.5. The molecule has 0 saturated carbocycles. The number of pyridine rings is 1. The van der Waals surface area contributed by atoms with Gasteiger partial charge in [-0.1, -0.05) is 23.7 Å². The Labute approximate surface area is 251 Å². The number of ether oxygens (including phenoxy) is 2. The van der Waals surface area contributed by atoms with E-state index in [-0.39, 0.29) is 42.5 Å². The SMILES string of the molecule is Cl.Cl.O=C(O)c1cc(NC2CCOCC2)cc(Oc2ccc3c(c2)C[C@@H](NC[C@H](O)c2ccc(Cl)nc2)CC3)c1. The molecule has 11 heteroatoms. The molecule has 1 saturated heterocycles. The van der Waals surface area contributed by atoms with Gasteiger partial charge in [-0.3, -0.25) is 0 Å². The zero-order valence-electron chi connectivity index (χ0n) is 21.8. The third kappa shape index (κ3) is 8.46. The number of nitrogens with zero attached hydrogens (tertiary/aromatic N) is 1. The molecule has 4 N–H and O–H groups in total. The number of carbonyl (C=O) groups is 1. The fraction of sp³-hybridized carbons (Fsp3) is 0.379. The molecule has 2 aromatic carbocycles. The molecule has 0 radical (unpaired) electrons. The van der Waals surface area contributed by atoms with Crippen molar-refractivity contribution in [3.8, 4) is 11.5 Å². The number of aliphatic hydroxyl groups is 1. The van der Waals surface area contributed by atoms with Crippen molar-refractivity contribution in [1.29, 1.82) is 0 Å². The van der Waals surface area contributed by atoms with Crippen LogP contribution < -0.4 is 15.4 Å². The van der Waals surface area contributed by atoms with Crippen LogP contribution in [0.15, 0.2) is 54.7 Å². The molecular formula is C29H34Cl3N3O5. The van der Waals surface area contributed by atoms with E-state index in [0.29, 0.717) is 36.4 Å². The van der Waals surface area contributed by atoms with Crippen LogP contribution in [0, 0.1) is 0 Å². The van der Waals surface area contributed by atoms with Crippen LogP contribution in [-0.2, 0) is 17.6 Å². The van der Waals surface area contributed by atoms with E-state index in [4.69, 9.17) is 21.1 Å². The van der Waals surface area contributed by atoms with Gasteiger partial charge in [-0.25, -0.2) is 9.78 Å². The van der Waals surface area contributed by atoms with Crippen molar-refractivity contribution in [2.45, 2.75) is 50.3 Å². The minimum absolute atomic E-state index is 0. The van der Waals surface area contributed by atoms with Crippen molar-refractivity contribution >= 4 is 48.1 Å². The number of fused-ring (bicyclic) bond motifs is 1. The number of nitrogens with one attached hydrogen (secondary N) is 2. The Hall–Kier alpha value is -2.59. The second-order valence-corrected chi connectivity index (χ2v) is 10.3. The maximum Gasteiger partial charge on any atom is 0.335 e. The Morgan fingerprint density at radius 3 is 2.55 bits per heavy atom. The molecule has 5 rings (SSSR count). The number of rotatable bonds is 9. The van der Waals surface area contributed by atoms with Crippen molar-refractivity contribution in [1.82, 2.24) is 10.3 Å². The van der Waals surface area contributed by atoms with Crippen LogP contribution in [0.2, 0.25) is 5.15 Å². The number of aliphatic hydroxyl groups excluding tert-OH is 1. The van der Waals surface area contributed by atoms with Crippen LogP contribution in [0.5, 0.6) is 11.5 Å². The van der Waals surface area contributed by atoms with Crippen molar-refractivity contribution < 1.29 is 24.5 Å². The second-order valence-electron chi connectivity index (χ2n) is 9.89. The summed E-state index contributed by atoms with van der Waals surface area (Å²) in [7, 11) is 0. The first-order valence-electron chi connectivity index (χ1n) is 13.0. The first-order chi connectivity index (χ1) is 18.4. The van der Waals surface area contributed by atoms with E-state index in [1.165, 1.54) is 11.1 Å². The third-order valence-corrected chi connectivity index (χ3v) is 7.35. The zero-order chi connectivity index (χ0) is 26.5. The summed E-state index contributed by atoms with van der Waals surface area (Å²) < 4.78 is 11.6. The molecule has 1 aromatic heterocycles. The molecule has 40 heavy (non-hydrogen) atoms. The van der Waals surface area contributed by atoms with E-state index in [1.807, 2.05) is 18.2 Å². The van der Waals surface area contributed by atoms with Crippen LogP contribution in [0.25, 0.3) is 0 Å². The van der Waals surface area contributed by atoms with Crippen LogP contribution >= 0.6 is 36.4 Å². The first-order valence-corrected chi connectivity index (χ1v) is 13.4. The quantitative estimate of drug-likeness (QED) is 0.224. The van der Waals surface area contributed by atoms with Gasteiger partial charge in [0.1, 0.15) is 16.7 Å². The molecule has 2 aliphatic rings. The van der Waals surface area contributed by atoms with Gasteiger partial charge in [0, 0.05) is 55.4 Å². The van der Waals surface area contributed by atoms with Crippen LogP contribution in [0.4, 0.5) is 5.69 Å². The molecule has 2 atom stereocenters. The number of carboxylic acid groups (broad SMARTS) is 1. The molecule has 1 fully saturated rings. The van der Waals surface area contributed by atoms with Gasteiger partial charge in [-0.15, -0.1) is 24.8 Å². The summed E-state index contributed by atoms with van der Waals surface area (Å²) >= 11 is 5.84. The Morgan fingerprint density at radius 1 is 1.02 bits per heavy atom. The Bertz CT molecular complexity index is 1270. The largest absolute Gasteiger partial charge is 0.478 e. The minimum Gasteiger partial charge on any atom is -0.478 e. The second kappa shape index (κ2) is 14.9. The first kappa shape index (κ1) is 31.9. The lowest BCUT2D eigenvalue weighted by molar-refractivity contribution is 0.0696. The topological polar surface area (TPSA) is 113 Å². The van der Waals surface area contributed by atoms with Gasteiger partial charge in [-0.2, -0.15) is 0 Å². The lowest BCUT2D eigenvalue weighted by Crippen LogP contribution is -2.37. The van der Waals surface area contributed by atoms with Crippen molar-refractivity contribution in [3.63, 3.8) is 0 Å². The molecule has 0 unspecified atom stereocenters. The number of aromatic carboxylic acids is 1.